The third kappa shape index (κ3) is 2.53. The normalized spacial score (nSPS) is 10.3. The van der Waals surface area contributed by atoms with Gasteiger partial charge in [0.05, 0.1) is 5.69 Å². The fraction of sp³-hybridized carbons (Fsp3) is 0.400. The summed E-state index contributed by atoms with van der Waals surface area (Å²) in [4.78, 5) is 0. The molecule has 0 fully saturated rings. The fourth-order valence-electron chi connectivity index (χ4n) is 0.919. The van der Waals surface area contributed by atoms with E-state index < -0.39 is 0 Å². The highest BCUT2D eigenvalue weighted by Crippen LogP contribution is 2.12. The van der Waals surface area contributed by atoms with Gasteiger partial charge in [-0.1, -0.05) is 26.0 Å². The Morgan fingerprint density at radius 3 is 2.58 bits per heavy atom. The lowest BCUT2D eigenvalue weighted by Crippen LogP contribution is -2.08. The van der Waals surface area contributed by atoms with Gasteiger partial charge in [-0.15, -0.1) is 0 Å². The molecule has 66 valence electrons. The van der Waals surface area contributed by atoms with E-state index in [2.05, 4.69) is 19.2 Å². The molecule has 0 saturated heterocycles. The number of rotatable bonds is 3. The maximum atomic E-state index is 13.0. The zero-order valence-corrected chi connectivity index (χ0v) is 7.47. The van der Waals surface area contributed by atoms with Crippen molar-refractivity contribution in [2.45, 2.75) is 13.8 Å². The van der Waals surface area contributed by atoms with Gasteiger partial charge >= 0.3 is 0 Å². The minimum Gasteiger partial charge on any atom is -0.382 e. The number of benzene rings is 1. The highest BCUT2D eigenvalue weighted by Gasteiger charge is 1.99. The van der Waals surface area contributed by atoms with E-state index in [1.54, 1.807) is 12.1 Å². The van der Waals surface area contributed by atoms with Gasteiger partial charge in [0.25, 0.3) is 0 Å². The second-order valence-corrected chi connectivity index (χ2v) is 3.25. The van der Waals surface area contributed by atoms with Crippen molar-refractivity contribution in [1.29, 1.82) is 0 Å². The SMILES string of the molecule is CC(C)CNc1ccccc1F. The molecule has 0 heterocycles. The van der Waals surface area contributed by atoms with Crippen molar-refractivity contribution in [3.05, 3.63) is 30.1 Å². The minimum absolute atomic E-state index is 0.182. The van der Waals surface area contributed by atoms with Gasteiger partial charge in [-0.25, -0.2) is 4.39 Å². The first kappa shape index (κ1) is 9.04. The molecule has 0 atom stereocenters. The molecule has 0 aliphatic rings. The molecule has 0 aliphatic heterocycles. The Hall–Kier alpha value is -1.05. The van der Waals surface area contributed by atoms with Gasteiger partial charge in [-0.3, -0.25) is 0 Å². The fourth-order valence-corrected chi connectivity index (χ4v) is 0.919. The summed E-state index contributed by atoms with van der Waals surface area (Å²) in [5, 5.41) is 3.04. The van der Waals surface area contributed by atoms with E-state index >= 15 is 0 Å². The predicted octanol–water partition coefficient (Wildman–Crippen LogP) is 2.89. The average Bonchev–Trinajstić information content (AvgIpc) is 2.03. The van der Waals surface area contributed by atoms with Crippen molar-refractivity contribution < 1.29 is 4.39 Å². The van der Waals surface area contributed by atoms with Crippen LogP contribution in [0.3, 0.4) is 0 Å². The summed E-state index contributed by atoms with van der Waals surface area (Å²) in [5.74, 6) is 0.350. The van der Waals surface area contributed by atoms with Crippen molar-refractivity contribution in [2.24, 2.45) is 5.92 Å². The number of nitrogens with one attached hydrogen (secondary N) is 1. The smallest absolute Gasteiger partial charge is 0.146 e. The van der Waals surface area contributed by atoms with E-state index in [9.17, 15) is 4.39 Å². The van der Waals surface area contributed by atoms with Crippen LogP contribution in [0.1, 0.15) is 13.8 Å². The van der Waals surface area contributed by atoms with Gasteiger partial charge in [0, 0.05) is 6.54 Å². The first-order valence-corrected chi connectivity index (χ1v) is 4.18. The van der Waals surface area contributed by atoms with Gasteiger partial charge in [-0.05, 0) is 18.1 Å². The lowest BCUT2D eigenvalue weighted by molar-refractivity contribution is 0.624. The topological polar surface area (TPSA) is 12.0 Å². The molecule has 0 aromatic heterocycles. The lowest BCUT2D eigenvalue weighted by atomic mass is 10.2. The van der Waals surface area contributed by atoms with Crippen molar-refractivity contribution in [1.82, 2.24) is 0 Å². The van der Waals surface area contributed by atoms with Gasteiger partial charge in [0.15, 0.2) is 0 Å². The minimum atomic E-state index is -0.182. The Labute approximate surface area is 72.6 Å². The van der Waals surface area contributed by atoms with E-state index in [0.29, 0.717) is 11.6 Å². The van der Waals surface area contributed by atoms with Gasteiger partial charge in [0.2, 0.25) is 0 Å². The van der Waals surface area contributed by atoms with Crippen LogP contribution in [0.5, 0.6) is 0 Å². The van der Waals surface area contributed by atoms with Crippen molar-refractivity contribution >= 4 is 5.69 Å². The Balaban J connectivity index is 2.57. The van der Waals surface area contributed by atoms with Crippen LogP contribution in [0.25, 0.3) is 0 Å². The molecule has 12 heavy (non-hydrogen) atoms. The van der Waals surface area contributed by atoms with Crippen LogP contribution in [-0.2, 0) is 0 Å². The van der Waals surface area contributed by atoms with Crippen molar-refractivity contribution in [2.75, 3.05) is 11.9 Å². The van der Waals surface area contributed by atoms with Gasteiger partial charge < -0.3 is 5.32 Å². The van der Waals surface area contributed by atoms with Gasteiger partial charge in [0.1, 0.15) is 5.82 Å². The summed E-state index contributed by atoms with van der Waals surface area (Å²) in [6, 6.07) is 6.72. The predicted molar refractivity (Wildman–Crippen MR) is 49.7 cm³/mol. The molecule has 1 nitrogen and oxygen atoms in total. The van der Waals surface area contributed by atoms with Crippen molar-refractivity contribution in [3.63, 3.8) is 0 Å². The Morgan fingerprint density at radius 2 is 2.00 bits per heavy atom. The summed E-state index contributed by atoms with van der Waals surface area (Å²) in [6.45, 7) is 4.99. The quantitative estimate of drug-likeness (QED) is 0.729. The largest absolute Gasteiger partial charge is 0.382 e. The molecule has 0 unspecified atom stereocenters. The van der Waals surface area contributed by atoms with E-state index in [4.69, 9.17) is 0 Å². The number of para-hydroxylation sites is 1. The Morgan fingerprint density at radius 1 is 1.33 bits per heavy atom. The molecule has 0 radical (unpaired) electrons. The average molecular weight is 167 g/mol. The number of halogens is 1. The van der Waals surface area contributed by atoms with Crippen LogP contribution >= 0.6 is 0 Å². The summed E-state index contributed by atoms with van der Waals surface area (Å²) in [6.07, 6.45) is 0. The second kappa shape index (κ2) is 4.10. The monoisotopic (exact) mass is 167 g/mol. The summed E-state index contributed by atoms with van der Waals surface area (Å²) >= 11 is 0. The molecule has 1 rings (SSSR count). The summed E-state index contributed by atoms with van der Waals surface area (Å²) < 4.78 is 13.0. The maximum absolute atomic E-state index is 13.0. The van der Waals surface area contributed by atoms with Crippen LogP contribution in [-0.4, -0.2) is 6.54 Å². The highest BCUT2D eigenvalue weighted by atomic mass is 19.1. The Kier molecular flexibility index (Phi) is 3.09. The molecule has 0 spiro atoms. The Bertz CT molecular complexity index is 245. The molecule has 1 aromatic carbocycles. The molecule has 1 N–H and O–H groups in total. The van der Waals surface area contributed by atoms with E-state index in [1.807, 2.05) is 6.07 Å². The lowest BCUT2D eigenvalue weighted by Gasteiger charge is -2.08. The molecular weight excluding hydrogens is 153 g/mol. The molecule has 0 amide bonds. The number of hydrogen-bond acceptors (Lipinski definition) is 1. The summed E-state index contributed by atoms with van der Waals surface area (Å²) in [7, 11) is 0. The highest BCUT2D eigenvalue weighted by molar-refractivity contribution is 5.44. The third-order valence-electron chi connectivity index (χ3n) is 1.57. The zero-order valence-electron chi connectivity index (χ0n) is 7.47. The molecular formula is C10H14FN. The first-order chi connectivity index (χ1) is 5.70. The van der Waals surface area contributed by atoms with E-state index in [-0.39, 0.29) is 5.82 Å². The van der Waals surface area contributed by atoms with Crippen LogP contribution < -0.4 is 5.32 Å². The summed E-state index contributed by atoms with van der Waals surface area (Å²) in [5.41, 5.74) is 0.589. The molecule has 0 aliphatic carbocycles. The zero-order chi connectivity index (χ0) is 8.97. The molecule has 2 heteroatoms. The maximum Gasteiger partial charge on any atom is 0.146 e. The second-order valence-electron chi connectivity index (χ2n) is 3.25. The molecule has 0 saturated carbocycles. The number of anilines is 1. The molecule has 0 bridgehead atoms. The van der Waals surface area contributed by atoms with Crippen molar-refractivity contribution in [3.8, 4) is 0 Å². The number of hydrogen-bond donors (Lipinski definition) is 1. The van der Waals surface area contributed by atoms with E-state index in [1.165, 1.54) is 6.07 Å². The molecule has 1 aromatic rings. The van der Waals surface area contributed by atoms with Crippen LogP contribution in [0.4, 0.5) is 10.1 Å². The first-order valence-electron chi connectivity index (χ1n) is 4.18. The standard InChI is InChI=1S/C10H14FN/c1-8(2)7-12-10-6-4-3-5-9(10)11/h3-6,8,12H,7H2,1-2H3. The van der Waals surface area contributed by atoms with E-state index in [0.717, 1.165) is 6.54 Å². The van der Waals surface area contributed by atoms with Crippen LogP contribution in [0.2, 0.25) is 0 Å². The van der Waals surface area contributed by atoms with Gasteiger partial charge in [-0.2, -0.15) is 0 Å². The van der Waals surface area contributed by atoms with Crippen LogP contribution in [0, 0.1) is 11.7 Å². The third-order valence-corrected chi connectivity index (χ3v) is 1.57. The van der Waals surface area contributed by atoms with Crippen LogP contribution in [0.15, 0.2) is 24.3 Å².